The molecule has 2 rings (SSSR count). The molecular formula is C14H22ClNO. The Labute approximate surface area is 110 Å². The molecule has 1 aromatic carbocycles. The van der Waals surface area contributed by atoms with Crippen LogP contribution in [0.4, 0.5) is 0 Å². The Kier molecular flexibility index (Phi) is 6.56. The van der Waals surface area contributed by atoms with Gasteiger partial charge in [-0.15, -0.1) is 12.4 Å². The van der Waals surface area contributed by atoms with Crippen molar-refractivity contribution in [2.45, 2.75) is 38.3 Å². The Bertz CT molecular complexity index is 304. The molecule has 0 aliphatic heterocycles. The van der Waals surface area contributed by atoms with E-state index < -0.39 is 0 Å². The lowest BCUT2D eigenvalue weighted by Gasteiger charge is -2.31. The van der Waals surface area contributed by atoms with Crippen LogP contribution in [0.5, 0.6) is 0 Å². The molecule has 17 heavy (non-hydrogen) atoms. The number of hydrogen-bond donors (Lipinski definition) is 2. The number of aliphatic hydroxyl groups is 1. The number of rotatable bonds is 4. The van der Waals surface area contributed by atoms with Crippen molar-refractivity contribution in [2.24, 2.45) is 5.92 Å². The molecule has 0 aromatic heterocycles. The van der Waals surface area contributed by atoms with Crippen LogP contribution in [0.25, 0.3) is 0 Å². The average Bonchev–Trinajstić information content (AvgIpc) is 2.38. The summed E-state index contributed by atoms with van der Waals surface area (Å²) in [5, 5.41) is 12.9. The molecule has 0 radical (unpaired) electrons. The highest BCUT2D eigenvalue weighted by Gasteiger charge is 2.23. The first-order chi connectivity index (χ1) is 7.90. The van der Waals surface area contributed by atoms with Gasteiger partial charge < -0.3 is 10.4 Å². The van der Waals surface area contributed by atoms with Gasteiger partial charge in [0.15, 0.2) is 0 Å². The van der Waals surface area contributed by atoms with Gasteiger partial charge in [-0.1, -0.05) is 43.2 Å². The van der Waals surface area contributed by atoms with Crippen LogP contribution in [0.2, 0.25) is 0 Å². The predicted molar refractivity (Wildman–Crippen MR) is 73.4 cm³/mol. The summed E-state index contributed by atoms with van der Waals surface area (Å²) in [4.78, 5) is 0. The van der Waals surface area contributed by atoms with Crippen molar-refractivity contribution in [2.75, 3.05) is 6.61 Å². The first-order valence-electron chi connectivity index (χ1n) is 6.28. The van der Waals surface area contributed by atoms with E-state index >= 15 is 0 Å². The van der Waals surface area contributed by atoms with Gasteiger partial charge in [0.25, 0.3) is 0 Å². The van der Waals surface area contributed by atoms with E-state index in [4.69, 9.17) is 0 Å². The quantitative estimate of drug-likeness (QED) is 0.867. The normalized spacial score (nSPS) is 24.1. The van der Waals surface area contributed by atoms with Gasteiger partial charge in [0.2, 0.25) is 0 Å². The minimum atomic E-state index is 0. The molecule has 0 unspecified atom stereocenters. The van der Waals surface area contributed by atoms with E-state index in [-0.39, 0.29) is 12.4 Å². The molecule has 0 heterocycles. The van der Waals surface area contributed by atoms with Crippen molar-refractivity contribution in [1.29, 1.82) is 0 Å². The van der Waals surface area contributed by atoms with E-state index in [9.17, 15) is 5.11 Å². The highest BCUT2D eigenvalue weighted by molar-refractivity contribution is 5.85. The van der Waals surface area contributed by atoms with Crippen molar-refractivity contribution in [1.82, 2.24) is 5.32 Å². The monoisotopic (exact) mass is 255 g/mol. The molecule has 3 heteroatoms. The summed E-state index contributed by atoms with van der Waals surface area (Å²) < 4.78 is 0. The van der Waals surface area contributed by atoms with Gasteiger partial charge >= 0.3 is 0 Å². The van der Waals surface area contributed by atoms with Crippen molar-refractivity contribution in [3.05, 3.63) is 35.9 Å². The summed E-state index contributed by atoms with van der Waals surface area (Å²) in [7, 11) is 0. The lowest BCUT2D eigenvalue weighted by Crippen LogP contribution is -2.39. The lowest BCUT2D eigenvalue weighted by atomic mass is 9.85. The third-order valence-electron chi connectivity index (χ3n) is 3.55. The summed E-state index contributed by atoms with van der Waals surface area (Å²) in [5.74, 6) is 0.456. The van der Waals surface area contributed by atoms with Gasteiger partial charge in [-0.2, -0.15) is 0 Å². The minimum absolute atomic E-state index is 0. The van der Waals surface area contributed by atoms with Crippen LogP contribution in [0.1, 0.15) is 31.2 Å². The van der Waals surface area contributed by atoms with Gasteiger partial charge in [-0.25, -0.2) is 0 Å². The highest BCUT2D eigenvalue weighted by Crippen LogP contribution is 2.24. The number of aliphatic hydroxyl groups excluding tert-OH is 1. The maximum Gasteiger partial charge on any atom is 0.0474 e. The van der Waals surface area contributed by atoms with Gasteiger partial charge in [0.1, 0.15) is 0 Å². The fourth-order valence-corrected chi connectivity index (χ4v) is 2.54. The molecule has 2 nitrogen and oxygen atoms in total. The van der Waals surface area contributed by atoms with E-state index in [1.165, 1.54) is 31.2 Å². The zero-order valence-electron chi connectivity index (χ0n) is 10.1. The molecular weight excluding hydrogens is 234 g/mol. The predicted octanol–water partition coefficient (Wildman–Crippen LogP) is 2.75. The Morgan fingerprint density at radius 1 is 1.12 bits per heavy atom. The van der Waals surface area contributed by atoms with Crippen molar-refractivity contribution >= 4 is 12.4 Å². The summed E-state index contributed by atoms with van der Waals surface area (Å²) in [5.41, 5.74) is 1.32. The molecule has 1 fully saturated rings. The second-order valence-electron chi connectivity index (χ2n) is 4.70. The smallest absolute Gasteiger partial charge is 0.0474 e. The molecule has 1 aromatic rings. The van der Waals surface area contributed by atoms with Crippen LogP contribution in [0.15, 0.2) is 30.3 Å². The van der Waals surface area contributed by atoms with E-state index in [2.05, 4.69) is 29.6 Å². The fourth-order valence-electron chi connectivity index (χ4n) is 2.54. The Morgan fingerprint density at radius 3 is 2.53 bits per heavy atom. The maximum atomic E-state index is 9.32. The lowest BCUT2D eigenvalue weighted by molar-refractivity contribution is 0.152. The molecule has 1 aliphatic rings. The molecule has 1 aliphatic carbocycles. The Balaban J connectivity index is 0.00000144. The van der Waals surface area contributed by atoms with Gasteiger partial charge in [-0.05, 0) is 24.3 Å². The summed E-state index contributed by atoms with van der Waals surface area (Å²) >= 11 is 0. The number of nitrogens with one attached hydrogen (secondary N) is 1. The molecule has 0 bridgehead atoms. The topological polar surface area (TPSA) is 32.3 Å². The van der Waals surface area contributed by atoms with Crippen LogP contribution < -0.4 is 5.32 Å². The summed E-state index contributed by atoms with van der Waals surface area (Å²) in [6, 6.07) is 11.0. The third kappa shape index (κ3) is 4.30. The third-order valence-corrected chi connectivity index (χ3v) is 3.55. The molecule has 0 amide bonds. The number of halogens is 1. The Morgan fingerprint density at radius 2 is 1.82 bits per heavy atom. The standard InChI is InChI=1S/C14H21NO.ClH/c16-11-13-8-4-5-9-14(13)15-10-12-6-2-1-3-7-12;/h1-3,6-7,13-16H,4-5,8-11H2;1H/t13-,14-;/m0./s1. The van der Waals surface area contributed by atoms with Crippen molar-refractivity contribution in [3.63, 3.8) is 0 Å². The number of hydrogen-bond acceptors (Lipinski definition) is 2. The Hall–Kier alpha value is -0.570. The number of benzene rings is 1. The van der Waals surface area contributed by atoms with E-state index in [1.54, 1.807) is 0 Å². The summed E-state index contributed by atoms with van der Waals surface area (Å²) in [6.07, 6.45) is 4.94. The second-order valence-corrected chi connectivity index (χ2v) is 4.70. The van der Waals surface area contributed by atoms with Crippen LogP contribution >= 0.6 is 12.4 Å². The zero-order valence-corrected chi connectivity index (χ0v) is 11.0. The molecule has 0 saturated heterocycles. The van der Waals surface area contributed by atoms with E-state index in [0.29, 0.717) is 18.6 Å². The van der Waals surface area contributed by atoms with Crippen LogP contribution in [-0.4, -0.2) is 17.8 Å². The molecule has 2 N–H and O–H groups in total. The largest absolute Gasteiger partial charge is 0.396 e. The van der Waals surface area contributed by atoms with Gasteiger partial charge in [0.05, 0.1) is 0 Å². The van der Waals surface area contributed by atoms with Crippen molar-refractivity contribution < 1.29 is 5.11 Å². The van der Waals surface area contributed by atoms with Gasteiger partial charge in [-0.3, -0.25) is 0 Å². The second kappa shape index (κ2) is 7.70. The van der Waals surface area contributed by atoms with E-state index in [1.807, 2.05) is 6.07 Å². The van der Waals surface area contributed by atoms with E-state index in [0.717, 1.165) is 6.54 Å². The maximum absolute atomic E-state index is 9.32. The highest BCUT2D eigenvalue weighted by atomic mass is 35.5. The summed E-state index contributed by atoms with van der Waals surface area (Å²) in [6.45, 7) is 1.24. The minimum Gasteiger partial charge on any atom is -0.396 e. The molecule has 96 valence electrons. The first kappa shape index (κ1) is 14.5. The first-order valence-corrected chi connectivity index (χ1v) is 6.28. The SMILES string of the molecule is Cl.OC[C@@H]1CCCC[C@@H]1NCc1ccccc1. The fraction of sp³-hybridized carbons (Fsp3) is 0.571. The van der Waals surface area contributed by atoms with Crippen LogP contribution in [0.3, 0.4) is 0 Å². The molecule has 0 spiro atoms. The van der Waals surface area contributed by atoms with Crippen LogP contribution in [0, 0.1) is 5.92 Å². The van der Waals surface area contributed by atoms with Crippen LogP contribution in [-0.2, 0) is 6.54 Å². The average molecular weight is 256 g/mol. The van der Waals surface area contributed by atoms with Crippen molar-refractivity contribution in [3.8, 4) is 0 Å². The molecule has 2 atom stereocenters. The molecule has 1 saturated carbocycles. The van der Waals surface area contributed by atoms with Gasteiger partial charge in [0, 0.05) is 19.2 Å². The zero-order chi connectivity index (χ0) is 11.2.